The highest BCUT2D eigenvalue weighted by Gasteiger charge is 2.22. The summed E-state index contributed by atoms with van der Waals surface area (Å²) in [7, 11) is -3.58. The first-order valence-electron chi connectivity index (χ1n) is 6.36. The van der Waals surface area contributed by atoms with Gasteiger partial charge in [-0.05, 0) is 42.0 Å². The van der Waals surface area contributed by atoms with Crippen molar-refractivity contribution in [3.63, 3.8) is 0 Å². The van der Waals surface area contributed by atoms with Gasteiger partial charge in [0.2, 0.25) is 0 Å². The van der Waals surface area contributed by atoms with Crippen LogP contribution in [-0.4, -0.2) is 8.42 Å². The second-order valence-corrected chi connectivity index (χ2v) is 7.11. The molecule has 0 saturated heterocycles. The fourth-order valence-electron chi connectivity index (χ4n) is 2.00. The monoisotopic (exact) mass is 310 g/mol. The molecule has 0 spiro atoms. The van der Waals surface area contributed by atoms with Gasteiger partial charge in [-0.15, -0.1) is 11.3 Å². The van der Waals surface area contributed by atoms with Gasteiger partial charge in [0.25, 0.3) is 10.0 Å². The van der Waals surface area contributed by atoms with E-state index in [4.69, 9.17) is 5.73 Å². The van der Waals surface area contributed by atoms with Gasteiger partial charge in [0.05, 0.1) is 0 Å². The second kappa shape index (κ2) is 5.95. The van der Waals surface area contributed by atoms with E-state index in [1.165, 1.54) is 16.9 Å². The number of benzene rings is 1. The third-order valence-electron chi connectivity index (χ3n) is 3.06. The quantitative estimate of drug-likeness (QED) is 0.892. The molecular weight excluding hydrogens is 292 g/mol. The van der Waals surface area contributed by atoms with Crippen LogP contribution >= 0.6 is 11.3 Å². The van der Waals surface area contributed by atoms with Crippen LogP contribution in [0, 0.1) is 6.92 Å². The van der Waals surface area contributed by atoms with E-state index >= 15 is 0 Å². The summed E-state index contributed by atoms with van der Waals surface area (Å²) in [6.45, 7) is 4.06. The Hall–Kier alpha value is -1.37. The Bertz CT molecular complexity index is 688. The minimum Gasteiger partial charge on any atom is -0.326 e. The molecule has 0 aliphatic carbocycles. The molecule has 0 aliphatic rings. The van der Waals surface area contributed by atoms with Crippen molar-refractivity contribution >= 4 is 27.0 Å². The summed E-state index contributed by atoms with van der Waals surface area (Å²) in [5.41, 5.74) is 8.07. The first-order chi connectivity index (χ1) is 9.47. The highest BCUT2D eigenvalue weighted by atomic mass is 32.2. The van der Waals surface area contributed by atoms with Crippen molar-refractivity contribution < 1.29 is 8.42 Å². The van der Waals surface area contributed by atoms with Crippen LogP contribution in [0.15, 0.2) is 34.5 Å². The van der Waals surface area contributed by atoms with Gasteiger partial charge < -0.3 is 5.73 Å². The van der Waals surface area contributed by atoms with Crippen LogP contribution in [0.5, 0.6) is 0 Å². The van der Waals surface area contributed by atoms with Crippen molar-refractivity contribution in [1.82, 2.24) is 0 Å². The molecule has 0 aliphatic heterocycles. The van der Waals surface area contributed by atoms with Gasteiger partial charge in [-0.1, -0.05) is 19.1 Å². The Kier molecular flexibility index (Phi) is 4.47. The molecule has 0 unspecified atom stereocenters. The van der Waals surface area contributed by atoms with Gasteiger partial charge >= 0.3 is 0 Å². The maximum atomic E-state index is 12.5. The summed E-state index contributed by atoms with van der Waals surface area (Å²) in [6, 6.07) is 7.39. The lowest BCUT2D eigenvalue weighted by molar-refractivity contribution is 0.600. The van der Waals surface area contributed by atoms with E-state index in [0.717, 1.165) is 12.0 Å². The molecule has 1 aromatic heterocycles. The molecule has 108 valence electrons. The fraction of sp³-hybridized carbons (Fsp3) is 0.286. The number of thiophene rings is 1. The molecule has 3 N–H and O–H groups in total. The molecule has 0 amide bonds. The maximum Gasteiger partial charge on any atom is 0.263 e. The Morgan fingerprint density at radius 1 is 1.25 bits per heavy atom. The van der Waals surface area contributed by atoms with Crippen molar-refractivity contribution in [3.8, 4) is 0 Å². The zero-order chi connectivity index (χ0) is 14.8. The Balaban J connectivity index is 2.32. The second-order valence-electron chi connectivity index (χ2n) is 4.53. The molecule has 0 atom stereocenters. The van der Waals surface area contributed by atoms with Crippen LogP contribution in [0.4, 0.5) is 5.69 Å². The Morgan fingerprint density at radius 3 is 2.45 bits per heavy atom. The van der Waals surface area contributed by atoms with E-state index in [1.54, 1.807) is 19.1 Å². The van der Waals surface area contributed by atoms with Crippen LogP contribution in [0.2, 0.25) is 0 Å². The third kappa shape index (κ3) is 3.03. The van der Waals surface area contributed by atoms with E-state index in [9.17, 15) is 8.42 Å². The van der Waals surface area contributed by atoms with E-state index in [0.29, 0.717) is 15.5 Å². The van der Waals surface area contributed by atoms with Gasteiger partial charge in [0.1, 0.15) is 4.90 Å². The predicted octanol–water partition coefficient (Wildman–Crippen LogP) is 2.88. The Morgan fingerprint density at radius 2 is 1.90 bits per heavy atom. The van der Waals surface area contributed by atoms with Gasteiger partial charge in [-0.25, -0.2) is 8.42 Å². The van der Waals surface area contributed by atoms with Gasteiger partial charge in [0, 0.05) is 17.1 Å². The van der Waals surface area contributed by atoms with E-state index in [2.05, 4.69) is 11.6 Å². The number of anilines is 1. The summed E-state index contributed by atoms with van der Waals surface area (Å²) in [6.07, 6.45) is 0.925. The average molecular weight is 310 g/mol. The molecule has 2 rings (SSSR count). The lowest BCUT2D eigenvalue weighted by Gasteiger charge is -2.10. The lowest BCUT2D eigenvalue weighted by atomic mass is 10.2. The summed E-state index contributed by atoms with van der Waals surface area (Å²) < 4.78 is 27.5. The number of sulfonamides is 1. The molecule has 0 bridgehead atoms. The van der Waals surface area contributed by atoms with Crippen LogP contribution in [-0.2, 0) is 23.0 Å². The number of hydrogen-bond acceptors (Lipinski definition) is 4. The molecular formula is C14H18N2O2S2. The molecule has 2 aromatic rings. The summed E-state index contributed by atoms with van der Waals surface area (Å²) in [4.78, 5) is 0.991. The lowest BCUT2D eigenvalue weighted by Crippen LogP contribution is -2.15. The van der Waals surface area contributed by atoms with Crippen LogP contribution < -0.4 is 10.5 Å². The molecule has 1 heterocycles. The topological polar surface area (TPSA) is 72.2 Å². The normalized spacial score (nSPS) is 11.6. The number of nitrogens with two attached hydrogens (primary N) is 1. The Labute approximate surface area is 123 Å². The molecule has 0 radical (unpaired) electrons. The number of rotatable bonds is 5. The van der Waals surface area contributed by atoms with Crippen LogP contribution in [0.3, 0.4) is 0 Å². The zero-order valence-corrected chi connectivity index (χ0v) is 13.1. The molecule has 4 nitrogen and oxygen atoms in total. The maximum absolute atomic E-state index is 12.5. The molecule has 0 saturated carbocycles. The SMILES string of the molecule is CCc1ccc(NS(=O)(=O)c2c(C)csc2CN)cc1. The van der Waals surface area contributed by atoms with E-state index < -0.39 is 10.0 Å². The predicted molar refractivity (Wildman–Crippen MR) is 83.6 cm³/mol. The summed E-state index contributed by atoms with van der Waals surface area (Å²) in [5.74, 6) is 0. The fourth-order valence-corrected chi connectivity index (χ4v) is 4.77. The molecule has 1 aromatic carbocycles. The van der Waals surface area contributed by atoms with Gasteiger partial charge in [-0.2, -0.15) is 0 Å². The number of nitrogens with one attached hydrogen (secondary N) is 1. The van der Waals surface area contributed by atoms with Crippen molar-refractivity contribution in [1.29, 1.82) is 0 Å². The van der Waals surface area contributed by atoms with Crippen LogP contribution in [0.25, 0.3) is 0 Å². The van der Waals surface area contributed by atoms with E-state index in [-0.39, 0.29) is 6.54 Å². The standard InChI is InChI=1S/C14H18N2O2S2/c1-3-11-4-6-12(7-5-11)16-20(17,18)14-10(2)9-19-13(14)8-15/h4-7,9,16H,3,8,15H2,1-2H3. The molecule has 6 heteroatoms. The highest BCUT2D eigenvalue weighted by molar-refractivity contribution is 7.93. The zero-order valence-electron chi connectivity index (χ0n) is 11.5. The van der Waals surface area contributed by atoms with Crippen molar-refractivity contribution in [2.24, 2.45) is 5.73 Å². The number of hydrogen-bond donors (Lipinski definition) is 2. The minimum absolute atomic E-state index is 0.226. The largest absolute Gasteiger partial charge is 0.326 e. The van der Waals surface area contributed by atoms with Crippen molar-refractivity contribution in [2.75, 3.05) is 4.72 Å². The molecule has 0 fully saturated rings. The number of aryl methyl sites for hydroxylation is 2. The summed E-state index contributed by atoms with van der Waals surface area (Å²) in [5, 5.41) is 1.82. The average Bonchev–Trinajstić information content (AvgIpc) is 2.81. The third-order valence-corrected chi connectivity index (χ3v) is 5.92. The van der Waals surface area contributed by atoms with Crippen LogP contribution in [0.1, 0.15) is 22.9 Å². The first-order valence-corrected chi connectivity index (χ1v) is 8.73. The van der Waals surface area contributed by atoms with Crippen molar-refractivity contribution in [3.05, 3.63) is 45.6 Å². The molecule has 20 heavy (non-hydrogen) atoms. The van der Waals surface area contributed by atoms with Gasteiger partial charge in [0.15, 0.2) is 0 Å². The smallest absolute Gasteiger partial charge is 0.263 e. The van der Waals surface area contributed by atoms with Gasteiger partial charge in [-0.3, -0.25) is 4.72 Å². The summed E-state index contributed by atoms with van der Waals surface area (Å²) >= 11 is 1.38. The minimum atomic E-state index is -3.58. The van der Waals surface area contributed by atoms with Crippen molar-refractivity contribution in [2.45, 2.75) is 31.7 Å². The van der Waals surface area contributed by atoms with E-state index in [1.807, 2.05) is 17.5 Å². The first kappa shape index (κ1) is 15.0. The highest BCUT2D eigenvalue weighted by Crippen LogP contribution is 2.28.